The molecule has 0 aliphatic rings. The summed E-state index contributed by atoms with van der Waals surface area (Å²) in [5.74, 6) is 0. The summed E-state index contributed by atoms with van der Waals surface area (Å²) < 4.78 is 71.0. The first-order valence-electron chi connectivity index (χ1n) is 3.89. The fourth-order valence-electron chi connectivity index (χ4n) is 0.882. The van der Waals surface area contributed by atoms with E-state index in [4.69, 9.17) is 0 Å². The number of nitrogens with zero attached hydrogens (tertiary/aromatic N) is 1. The normalized spacial score (nSPS) is 14.1. The Morgan fingerprint density at radius 3 is 1.29 bits per heavy atom. The summed E-state index contributed by atoms with van der Waals surface area (Å²) >= 11 is 0. The summed E-state index contributed by atoms with van der Waals surface area (Å²) in [6.07, 6.45) is -9.20. The van der Waals surface area contributed by atoms with Gasteiger partial charge >= 0.3 is 12.4 Å². The monoisotopic (exact) mass is 223 g/mol. The van der Waals surface area contributed by atoms with Gasteiger partial charge in [-0.15, -0.1) is 0 Å². The molecule has 0 radical (unpaired) electrons. The van der Waals surface area contributed by atoms with E-state index in [-0.39, 0.29) is 0 Å². The van der Waals surface area contributed by atoms with E-state index < -0.39 is 31.5 Å². The van der Waals surface area contributed by atoms with Crippen LogP contribution in [0.15, 0.2) is 0 Å². The fourth-order valence-corrected chi connectivity index (χ4v) is 0.882. The lowest BCUT2D eigenvalue weighted by Gasteiger charge is -2.28. The Labute approximate surface area is 77.7 Å². The third kappa shape index (κ3) is 6.99. The van der Waals surface area contributed by atoms with Gasteiger partial charge in [0.05, 0.1) is 13.1 Å². The van der Waals surface area contributed by atoms with Crippen LogP contribution in [0.2, 0.25) is 0 Å². The zero-order chi connectivity index (χ0) is 11.6. The van der Waals surface area contributed by atoms with Crippen molar-refractivity contribution in [1.82, 2.24) is 4.90 Å². The Kier molecular flexibility index (Phi) is 4.23. The lowest BCUT2D eigenvalue weighted by molar-refractivity contribution is -0.185. The molecular weight excluding hydrogens is 212 g/mol. The molecule has 14 heavy (non-hydrogen) atoms. The summed E-state index contributed by atoms with van der Waals surface area (Å²) in [4.78, 5) is 0.333. The van der Waals surface area contributed by atoms with Crippen molar-refractivity contribution in [1.29, 1.82) is 0 Å². The Morgan fingerprint density at radius 1 is 0.857 bits per heavy atom. The summed E-state index contributed by atoms with van der Waals surface area (Å²) in [5.41, 5.74) is 0. The molecule has 0 fully saturated rings. The molecule has 0 rings (SSSR count). The molecule has 1 nitrogen and oxygen atoms in total. The van der Waals surface area contributed by atoms with Crippen LogP contribution in [0.4, 0.5) is 26.3 Å². The molecule has 0 N–H and O–H groups in total. The number of rotatable bonds is 3. The van der Waals surface area contributed by atoms with Crippen LogP contribution in [0.25, 0.3) is 0 Å². The largest absolute Gasteiger partial charge is 0.401 e. The van der Waals surface area contributed by atoms with Crippen LogP contribution in [-0.2, 0) is 0 Å². The van der Waals surface area contributed by atoms with E-state index in [1.165, 1.54) is 13.8 Å². The first kappa shape index (κ1) is 13.5. The second-order valence-electron chi connectivity index (χ2n) is 3.23. The van der Waals surface area contributed by atoms with Gasteiger partial charge in [0.15, 0.2) is 0 Å². The third-order valence-electron chi connectivity index (χ3n) is 1.50. The summed E-state index contributed by atoms with van der Waals surface area (Å²) in [7, 11) is 0. The van der Waals surface area contributed by atoms with Crippen molar-refractivity contribution in [2.45, 2.75) is 32.2 Å². The van der Waals surface area contributed by atoms with Gasteiger partial charge in [0.2, 0.25) is 0 Å². The van der Waals surface area contributed by atoms with Crippen molar-refractivity contribution in [3.63, 3.8) is 0 Å². The molecular formula is C7H11F6N. The predicted molar refractivity (Wildman–Crippen MR) is 38.8 cm³/mol. The molecule has 0 aliphatic heterocycles. The highest BCUT2D eigenvalue weighted by Crippen LogP contribution is 2.22. The summed E-state index contributed by atoms with van der Waals surface area (Å²) in [6.45, 7) is -0.497. The van der Waals surface area contributed by atoms with E-state index in [0.717, 1.165) is 0 Å². The molecule has 0 heterocycles. The van der Waals surface area contributed by atoms with Crippen LogP contribution >= 0.6 is 0 Å². The lowest BCUT2D eigenvalue weighted by Crippen LogP contribution is -2.44. The topological polar surface area (TPSA) is 3.24 Å². The molecule has 0 aromatic carbocycles. The highest BCUT2D eigenvalue weighted by Gasteiger charge is 2.38. The van der Waals surface area contributed by atoms with E-state index in [9.17, 15) is 26.3 Å². The first-order chi connectivity index (χ1) is 6.01. The van der Waals surface area contributed by atoms with Crippen LogP contribution in [0.3, 0.4) is 0 Å². The first-order valence-corrected chi connectivity index (χ1v) is 3.89. The molecule has 86 valence electrons. The number of hydrogen-bond donors (Lipinski definition) is 0. The van der Waals surface area contributed by atoms with Crippen molar-refractivity contribution >= 4 is 0 Å². The molecule has 0 saturated carbocycles. The SMILES string of the molecule is CC(C)N(CC(F)(F)F)CC(F)(F)F. The van der Waals surface area contributed by atoms with E-state index >= 15 is 0 Å². The molecule has 0 aromatic rings. The summed E-state index contributed by atoms with van der Waals surface area (Å²) in [6, 6.07) is -0.793. The van der Waals surface area contributed by atoms with Crippen molar-refractivity contribution in [3.8, 4) is 0 Å². The van der Waals surface area contributed by atoms with Crippen LogP contribution in [0, 0.1) is 0 Å². The van der Waals surface area contributed by atoms with E-state index in [1.807, 2.05) is 0 Å². The zero-order valence-corrected chi connectivity index (χ0v) is 7.71. The van der Waals surface area contributed by atoms with Gasteiger partial charge in [-0.25, -0.2) is 0 Å². The molecule has 0 saturated heterocycles. The zero-order valence-electron chi connectivity index (χ0n) is 7.71. The van der Waals surface area contributed by atoms with E-state index in [0.29, 0.717) is 4.90 Å². The third-order valence-corrected chi connectivity index (χ3v) is 1.50. The minimum Gasteiger partial charge on any atom is -0.284 e. The maximum atomic E-state index is 11.8. The number of alkyl halides is 6. The Morgan fingerprint density at radius 2 is 1.14 bits per heavy atom. The molecule has 0 aromatic heterocycles. The number of halogens is 6. The molecule has 0 aliphatic carbocycles. The minimum atomic E-state index is -4.60. The van der Waals surface area contributed by atoms with Crippen molar-refractivity contribution in [3.05, 3.63) is 0 Å². The molecule has 7 heteroatoms. The van der Waals surface area contributed by atoms with Gasteiger partial charge in [-0.1, -0.05) is 0 Å². The van der Waals surface area contributed by atoms with Crippen molar-refractivity contribution in [2.24, 2.45) is 0 Å². The van der Waals surface area contributed by atoms with Crippen LogP contribution in [-0.4, -0.2) is 36.4 Å². The Balaban J connectivity index is 4.32. The van der Waals surface area contributed by atoms with Crippen LogP contribution < -0.4 is 0 Å². The highest BCUT2D eigenvalue weighted by atomic mass is 19.4. The maximum absolute atomic E-state index is 11.8. The van der Waals surface area contributed by atoms with Crippen LogP contribution in [0.1, 0.15) is 13.8 Å². The summed E-state index contributed by atoms with van der Waals surface area (Å²) in [5, 5.41) is 0. The second kappa shape index (κ2) is 4.37. The van der Waals surface area contributed by atoms with Gasteiger partial charge in [0.1, 0.15) is 0 Å². The highest BCUT2D eigenvalue weighted by molar-refractivity contribution is 4.70. The molecule has 0 unspecified atom stereocenters. The predicted octanol–water partition coefficient (Wildman–Crippen LogP) is 2.82. The second-order valence-corrected chi connectivity index (χ2v) is 3.23. The Bertz CT molecular complexity index is 154. The van der Waals surface area contributed by atoms with Gasteiger partial charge < -0.3 is 0 Å². The van der Waals surface area contributed by atoms with Crippen molar-refractivity contribution in [2.75, 3.05) is 13.1 Å². The van der Waals surface area contributed by atoms with Gasteiger partial charge in [-0.3, -0.25) is 4.90 Å². The van der Waals surface area contributed by atoms with Gasteiger partial charge in [0.25, 0.3) is 0 Å². The Hall–Kier alpha value is -0.460. The maximum Gasteiger partial charge on any atom is 0.401 e. The smallest absolute Gasteiger partial charge is 0.284 e. The standard InChI is InChI=1S/C7H11F6N/c1-5(2)14(3-6(8,9)10)4-7(11,12)13/h5H,3-4H2,1-2H3. The molecule has 0 atom stereocenters. The minimum absolute atomic E-state index is 0.333. The van der Waals surface area contributed by atoms with Gasteiger partial charge in [0, 0.05) is 6.04 Å². The molecule has 0 amide bonds. The molecule has 0 spiro atoms. The van der Waals surface area contributed by atoms with Crippen LogP contribution in [0.5, 0.6) is 0 Å². The average molecular weight is 223 g/mol. The van der Waals surface area contributed by atoms with Gasteiger partial charge in [-0.2, -0.15) is 26.3 Å². The van der Waals surface area contributed by atoms with E-state index in [2.05, 4.69) is 0 Å². The van der Waals surface area contributed by atoms with E-state index in [1.54, 1.807) is 0 Å². The number of hydrogen-bond acceptors (Lipinski definition) is 1. The quantitative estimate of drug-likeness (QED) is 0.665. The van der Waals surface area contributed by atoms with Crippen molar-refractivity contribution < 1.29 is 26.3 Å². The fraction of sp³-hybridized carbons (Fsp3) is 1.00. The lowest BCUT2D eigenvalue weighted by atomic mass is 10.3. The average Bonchev–Trinajstić information content (AvgIpc) is 1.78. The molecule has 0 bridgehead atoms. The van der Waals surface area contributed by atoms with Gasteiger partial charge in [-0.05, 0) is 13.8 Å².